The van der Waals surface area contributed by atoms with Gasteiger partial charge < -0.3 is 15.3 Å². The Balaban J connectivity index is 1.54. The fourth-order valence-corrected chi connectivity index (χ4v) is 6.27. The molecule has 40 heavy (non-hydrogen) atoms. The van der Waals surface area contributed by atoms with Crippen LogP contribution in [-0.2, 0) is 5.41 Å². The Morgan fingerprint density at radius 3 is 2.50 bits per heavy atom. The number of benzene rings is 1. The van der Waals surface area contributed by atoms with Gasteiger partial charge in [-0.3, -0.25) is 9.52 Å². The van der Waals surface area contributed by atoms with Crippen LogP contribution >= 0.6 is 11.9 Å². The van der Waals surface area contributed by atoms with Crippen LogP contribution < -0.4 is 14.9 Å². The second-order valence-electron chi connectivity index (χ2n) is 12.4. The summed E-state index contributed by atoms with van der Waals surface area (Å²) >= 11 is 1.18. The molecule has 1 fully saturated rings. The van der Waals surface area contributed by atoms with E-state index in [2.05, 4.69) is 49.6 Å². The Morgan fingerprint density at radius 1 is 1.05 bits per heavy atom. The Kier molecular flexibility index (Phi) is 7.52. The van der Waals surface area contributed by atoms with Crippen molar-refractivity contribution < 1.29 is 14.7 Å². The first-order chi connectivity index (χ1) is 18.9. The number of hydrogen-bond acceptors (Lipinski definition) is 7. The minimum atomic E-state index is -0.938. The van der Waals surface area contributed by atoms with Crippen LogP contribution in [0.1, 0.15) is 91.9 Å². The topological polar surface area (TPSA) is 107 Å². The lowest BCUT2D eigenvalue weighted by atomic mass is 9.90. The summed E-state index contributed by atoms with van der Waals surface area (Å²) in [5, 5.41) is 13.6. The van der Waals surface area contributed by atoms with Gasteiger partial charge in [-0.25, -0.2) is 14.8 Å². The number of rotatable bonds is 2. The Bertz CT molecular complexity index is 1420. The second kappa shape index (κ2) is 10.8. The number of carboxylic acid groups (broad SMARTS) is 1. The molecule has 3 aromatic rings. The van der Waals surface area contributed by atoms with Crippen LogP contribution in [-0.4, -0.2) is 39.0 Å². The van der Waals surface area contributed by atoms with E-state index in [0.717, 1.165) is 42.9 Å². The molecule has 2 atom stereocenters. The largest absolute Gasteiger partial charge is 0.478 e. The summed E-state index contributed by atoms with van der Waals surface area (Å²) in [6.07, 6.45) is 2.77. The van der Waals surface area contributed by atoms with Crippen molar-refractivity contribution in [1.29, 1.82) is 0 Å². The Hall–Kier alpha value is -3.59. The van der Waals surface area contributed by atoms with E-state index < -0.39 is 5.97 Å². The molecule has 3 N–H and O–H groups in total. The van der Waals surface area contributed by atoms with Gasteiger partial charge in [0, 0.05) is 35.1 Å². The zero-order chi connectivity index (χ0) is 28.7. The quantitative estimate of drug-likeness (QED) is 0.307. The molecule has 9 heteroatoms. The van der Waals surface area contributed by atoms with Crippen LogP contribution in [0.2, 0.25) is 0 Å². The fraction of sp³-hybridized carbons (Fsp3) is 0.419. The van der Waals surface area contributed by atoms with Gasteiger partial charge in [-0.1, -0.05) is 39.0 Å². The molecule has 0 radical (unpaired) electrons. The number of fused-ring (bicyclic) bond motifs is 6. The number of carbonyl (C=O) groups is 2. The monoisotopic (exact) mass is 559 g/mol. The highest BCUT2D eigenvalue weighted by Gasteiger charge is 2.41. The number of aromatic carboxylic acids is 1. The lowest BCUT2D eigenvalue weighted by Crippen LogP contribution is -2.40. The molecule has 0 saturated carbocycles. The maximum atomic E-state index is 13.5. The number of hydrogen-bond donors (Lipinski definition) is 3. The third-order valence-corrected chi connectivity index (χ3v) is 8.55. The van der Waals surface area contributed by atoms with Crippen molar-refractivity contribution in [2.24, 2.45) is 5.92 Å². The van der Waals surface area contributed by atoms with Crippen LogP contribution in [0.5, 0.6) is 0 Å². The predicted molar refractivity (Wildman–Crippen MR) is 159 cm³/mol. The summed E-state index contributed by atoms with van der Waals surface area (Å²) in [6.45, 7) is 11.7. The summed E-state index contributed by atoms with van der Waals surface area (Å²) in [4.78, 5) is 37.1. The van der Waals surface area contributed by atoms with Gasteiger partial charge in [0.25, 0.3) is 5.91 Å². The fourth-order valence-electron chi connectivity index (χ4n) is 5.67. The number of pyridine rings is 2. The van der Waals surface area contributed by atoms with E-state index in [1.807, 2.05) is 42.5 Å². The second-order valence-corrected chi connectivity index (χ2v) is 13.2. The van der Waals surface area contributed by atoms with Crippen molar-refractivity contribution in [3.8, 4) is 0 Å². The molecule has 210 valence electrons. The first-order valence-corrected chi connectivity index (χ1v) is 14.6. The summed E-state index contributed by atoms with van der Waals surface area (Å²) in [5.74, 6) is 0.693. The first kappa shape index (κ1) is 28.0. The number of anilines is 2. The van der Waals surface area contributed by atoms with Gasteiger partial charge >= 0.3 is 5.97 Å². The summed E-state index contributed by atoms with van der Waals surface area (Å²) in [7, 11) is 0. The standard InChI is InChI=1S/C31H37N5O3S/c1-30(2,3)24-16-14-22-27(33-24)36-18-19(17-31(36,4)5)9-15-23(20-10-12-21(13-11-20)29(38)39)32-25-7-6-8-26(34-25)40-35-28(22)37/h6-8,10-14,16,19,23H,9,15,17-18H2,1-5H3,(H,32,34)(H,35,37)(H,38,39). The van der Waals surface area contributed by atoms with Gasteiger partial charge in [-0.05, 0) is 81.0 Å². The molecule has 2 aromatic heterocycles. The molecule has 5 rings (SSSR count). The van der Waals surface area contributed by atoms with Crippen LogP contribution in [0.15, 0.2) is 59.6 Å². The van der Waals surface area contributed by atoms with Crippen LogP contribution in [0.4, 0.5) is 11.6 Å². The number of aromatic nitrogens is 2. The lowest BCUT2D eigenvalue weighted by molar-refractivity contribution is 0.0696. The number of nitrogens with one attached hydrogen (secondary N) is 2. The van der Waals surface area contributed by atoms with Gasteiger partial charge in [0.15, 0.2) is 0 Å². The number of nitrogens with zero attached hydrogens (tertiary/aromatic N) is 3. The summed E-state index contributed by atoms with van der Waals surface area (Å²) < 4.78 is 2.99. The van der Waals surface area contributed by atoms with E-state index in [1.54, 1.807) is 12.1 Å². The lowest BCUT2D eigenvalue weighted by Gasteiger charge is -2.34. The van der Waals surface area contributed by atoms with Crippen molar-refractivity contribution in [1.82, 2.24) is 14.7 Å². The molecule has 2 aliphatic rings. The molecule has 2 aliphatic heterocycles. The predicted octanol–water partition coefficient (Wildman–Crippen LogP) is 6.46. The molecule has 4 bridgehead atoms. The van der Waals surface area contributed by atoms with Crippen LogP contribution in [0.25, 0.3) is 0 Å². The average Bonchev–Trinajstić information content (AvgIpc) is 3.22. The highest BCUT2D eigenvalue weighted by atomic mass is 32.2. The average molecular weight is 560 g/mol. The maximum absolute atomic E-state index is 13.5. The van der Waals surface area contributed by atoms with Crippen molar-refractivity contribution in [3.05, 3.63) is 77.0 Å². The molecule has 8 nitrogen and oxygen atoms in total. The molecule has 2 unspecified atom stereocenters. The minimum absolute atomic E-state index is 0.0506. The van der Waals surface area contributed by atoms with E-state index in [4.69, 9.17) is 9.97 Å². The third kappa shape index (κ3) is 5.94. The van der Waals surface area contributed by atoms with Gasteiger partial charge in [0.1, 0.15) is 16.7 Å². The van der Waals surface area contributed by atoms with Crippen LogP contribution in [0, 0.1) is 5.92 Å². The SMILES string of the molecule is CC(C)(C)c1ccc2c(n1)N1CC(CCC(c3ccc(C(=O)O)cc3)Nc3cccc(n3)SNC2=O)CC1(C)C. The molecule has 1 aromatic carbocycles. The molecule has 1 amide bonds. The normalized spacial score (nSPS) is 20.9. The van der Waals surface area contributed by atoms with Crippen molar-refractivity contribution in [2.75, 3.05) is 16.8 Å². The van der Waals surface area contributed by atoms with Gasteiger partial charge in [-0.2, -0.15) is 0 Å². The number of amides is 1. The molecule has 1 saturated heterocycles. The van der Waals surface area contributed by atoms with E-state index >= 15 is 0 Å². The number of carboxylic acids is 1. The Labute approximate surface area is 240 Å². The van der Waals surface area contributed by atoms with Gasteiger partial charge in [0.2, 0.25) is 0 Å². The first-order valence-electron chi connectivity index (χ1n) is 13.7. The van der Waals surface area contributed by atoms with E-state index in [1.165, 1.54) is 11.9 Å². The van der Waals surface area contributed by atoms with Crippen molar-refractivity contribution in [2.45, 2.75) is 75.9 Å². The summed E-state index contributed by atoms with van der Waals surface area (Å²) in [6, 6.07) is 16.6. The molecule has 0 aliphatic carbocycles. The molecular formula is C31H37N5O3S. The van der Waals surface area contributed by atoms with Crippen molar-refractivity contribution in [3.63, 3.8) is 0 Å². The smallest absolute Gasteiger partial charge is 0.335 e. The van der Waals surface area contributed by atoms with Gasteiger partial charge in [-0.15, -0.1) is 0 Å². The van der Waals surface area contributed by atoms with E-state index in [-0.39, 0.29) is 28.5 Å². The highest BCUT2D eigenvalue weighted by Crippen LogP contribution is 2.41. The number of carbonyl (C=O) groups excluding carboxylic acids is 1. The zero-order valence-electron chi connectivity index (χ0n) is 23.7. The maximum Gasteiger partial charge on any atom is 0.335 e. The highest BCUT2D eigenvalue weighted by molar-refractivity contribution is 7.97. The van der Waals surface area contributed by atoms with E-state index in [9.17, 15) is 14.7 Å². The zero-order valence-corrected chi connectivity index (χ0v) is 24.5. The Morgan fingerprint density at radius 2 is 1.80 bits per heavy atom. The van der Waals surface area contributed by atoms with Crippen molar-refractivity contribution >= 4 is 35.5 Å². The summed E-state index contributed by atoms with van der Waals surface area (Å²) in [5.41, 5.74) is 2.47. The minimum Gasteiger partial charge on any atom is -0.478 e. The molecular weight excluding hydrogens is 522 g/mol. The van der Waals surface area contributed by atoms with E-state index in [0.29, 0.717) is 22.3 Å². The van der Waals surface area contributed by atoms with Gasteiger partial charge in [0.05, 0.1) is 17.2 Å². The molecule has 0 spiro atoms. The molecule has 4 heterocycles. The van der Waals surface area contributed by atoms with Crippen LogP contribution in [0.3, 0.4) is 0 Å². The third-order valence-electron chi connectivity index (χ3n) is 7.82.